The van der Waals surface area contributed by atoms with E-state index in [1.54, 1.807) is 7.11 Å². The fourth-order valence-corrected chi connectivity index (χ4v) is 2.52. The molecule has 0 aromatic carbocycles. The largest absolute Gasteiger partial charge is 0.480 e. The lowest BCUT2D eigenvalue weighted by Crippen LogP contribution is -2.55. The summed E-state index contributed by atoms with van der Waals surface area (Å²) in [7, 11) is 1.66. The minimum Gasteiger partial charge on any atom is -0.480 e. The summed E-state index contributed by atoms with van der Waals surface area (Å²) in [5.41, 5.74) is -0.494. The topological polar surface area (TPSA) is 58.6 Å². The van der Waals surface area contributed by atoms with E-state index in [0.29, 0.717) is 6.61 Å². The molecule has 2 N–H and O–H groups in total. The predicted molar refractivity (Wildman–Crippen MR) is 41.9 cm³/mol. The Bertz CT molecular complexity index is 220. The predicted octanol–water partition coefficient (Wildman–Crippen LogP) is -0.160. The highest BCUT2D eigenvalue weighted by Gasteiger charge is 2.64. The molecule has 1 aliphatic carbocycles. The minimum absolute atomic E-state index is 0.118. The summed E-state index contributed by atoms with van der Waals surface area (Å²) < 4.78 is 5.06. The maximum atomic E-state index is 10.8. The second kappa shape index (κ2) is 2.20. The molecule has 3 aliphatic rings. The number of carboxylic acids is 1. The zero-order valence-corrected chi connectivity index (χ0v) is 7.09. The molecular formula is C8H13NO3. The molecule has 2 aliphatic heterocycles. The highest BCUT2D eigenvalue weighted by Crippen LogP contribution is 2.53. The van der Waals surface area contributed by atoms with E-state index in [0.717, 1.165) is 19.4 Å². The second-order valence-electron chi connectivity index (χ2n) is 4.03. The van der Waals surface area contributed by atoms with Gasteiger partial charge in [0.15, 0.2) is 0 Å². The molecule has 0 unspecified atom stereocenters. The molecule has 0 spiro atoms. The first-order valence-electron chi connectivity index (χ1n) is 4.10. The Morgan fingerprint density at radius 2 is 2.33 bits per heavy atom. The molecule has 68 valence electrons. The Kier molecular flexibility index (Phi) is 1.47. The standard InChI is InChI=1S/C8H13NO3/c1-12-5-7-2-8(3-7,6(10)11)9-4-7/h9H,2-5H2,1H3,(H,10,11). The lowest BCUT2D eigenvalue weighted by Gasteiger charge is -2.42. The van der Waals surface area contributed by atoms with Crippen LogP contribution in [0, 0.1) is 5.41 Å². The average Bonchev–Trinajstić information content (AvgIpc) is 2.42. The van der Waals surface area contributed by atoms with E-state index >= 15 is 0 Å². The first-order chi connectivity index (χ1) is 5.63. The smallest absolute Gasteiger partial charge is 0.323 e. The lowest BCUT2D eigenvalue weighted by atomic mass is 9.62. The Morgan fingerprint density at radius 3 is 2.75 bits per heavy atom. The van der Waals surface area contributed by atoms with E-state index in [4.69, 9.17) is 9.84 Å². The summed E-state index contributed by atoms with van der Waals surface area (Å²) in [6, 6.07) is 0. The number of methoxy groups -OCH3 is 1. The third-order valence-corrected chi connectivity index (χ3v) is 3.02. The Balaban J connectivity index is 2.05. The minimum atomic E-state index is -0.716. The van der Waals surface area contributed by atoms with E-state index in [9.17, 15) is 4.79 Å². The third-order valence-electron chi connectivity index (χ3n) is 3.02. The molecule has 3 rings (SSSR count). The maximum absolute atomic E-state index is 10.8. The molecule has 2 saturated heterocycles. The van der Waals surface area contributed by atoms with Gasteiger partial charge in [-0.15, -0.1) is 0 Å². The van der Waals surface area contributed by atoms with Crippen molar-refractivity contribution in [2.24, 2.45) is 5.41 Å². The lowest BCUT2D eigenvalue weighted by molar-refractivity contribution is -0.150. The van der Waals surface area contributed by atoms with Gasteiger partial charge in [0.25, 0.3) is 0 Å². The highest BCUT2D eigenvalue weighted by molar-refractivity contribution is 5.81. The molecule has 2 bridgehead atoms. The first-order valence-corrected chi connectivity index (χ1v) is 4.10. The van der Waals surface area contributed by atoms with Gasteiger partial charge in [-0.25, -0.2) is 0 Å². The molecule has 4 nitrogen and oxygen atoms in total. The molecule has 0 amide bonds. The summed E-state index contributed by atoms with van der Waals surface area (Å²) in [5.74, 6) is -0.716. The molecule has 2 heterocycles. The van der Waals surface area contributed by atoms with Crippen LogP contribution in [0.5, 0.6) is 0 Å². The van der Waals surface area contributed by atoms with Crippen molar-refractivity contribution in [2.45, 2.75) is 18.4 Å². The summed E-state index contributed by atoms with van der Waals surface area (Å²) >= 11 is 0. The van der Waals surface area contributed by atoms with E-state index in [2.05, 4.69) is 5.32 Å². The Hall–Kier alpha value is -0.610. The zero-order valence-electron chi connectivity index (χ0n) is 7.09. The van der Waals surface area contributed by atoms with Gasteiger partial charge in [-0.3, -0.25) is 4.79 Å². The maximum Gasteiger partial charge on any atom is 0.323 e. The number of hydrogen-bond donors (Lipinski definition) is 2. The molecule has 4 heteroatoms. The number of aliphatic carboxylic acids is 1. The summed E-state index contributed by atoms with van der Waals surface area (Å²) in [5, 5.41) is 11.9. The average molecular weight is 171 g/mol. The van der Waals surface area contributed by atoms with Crippen LogP contribution in [0.15, 0.2) is 0 Å². The summed E-state index contributed by atoms with van der Waals surface area (Å²) in [6.07, 6.45) is 1.45. The first kappa shape index (κ1) is 8.01. The second-order valence-corrected chi connectivity index (χ2v) is 4.03. The van der Waals surface area contributed by atoms with Gasteiger partial charge in [0, 0.05) is 19.1 Å². The van der Waals surface area contributed by atoms with Crippen molar-refractivity contribution in [3.05, 3.63) is 0 Å². The van der Waals surface area contributed by atoms with Gasteiger partial charge < -0.3 is 15.2 Å². The van der Waals surface area contributed by atoms with E-state index < -0.39 is 11.5 Å². The quantitative estimate of drug-likeness (QED) is 0.619. The number of fused-ring (bicyclic) bond motifs is 1. The van der Waals surface area contributed by atoms with Crippen LogP contribution in [-0.2, 0) is 9.53 Å². The van der Waals surface area contributed by atoms with Crippen molar-refractivity contribution in [1.29, 1.82) is 0 Å². The van der Waals surface area contributed by atoms with Crippen LogP contribution < -0.4 is 5.32 Å². The van der Waals surface area contributed by atoms with Crippen LogP contribution >= 0.6 is 0 Å². The summed E-state index contributed by atoms with van der Waals surface area (Å²) in [6.45, 7) is 1.46. The highest BCUT2D eigenvalue weighted by atomic mass is 16.5. The molecule has 0 aromatic rings. The van der Waals surface area contributed by atoms with Crippen LogP contribution in [0.4, 0.5) is 0 Å². The van der Waals surface area contributed by atoms with Gasteiger partial charge >= 0.3 is 5.97 Å². The number of carbonyl (C=O) groups is 1. The van der Waals surface area contributed by atoms with Crippen LogP contribution in [-0.4, -0.2) is 36.9 Å². The van der Waals surface area contributed by atoms with Crippen molar-refractivity contribution in [2.75, 3.05) is 20.3 Å². The van der Waals surface area contributed by atoms with Crippen LogP contribution in [0.3, 0.4) is 0 Å². The molecular weight excluding hydrogens is 158 g/mol. The summed E-state index contributed by atoms with van der Waals surface area (Å²) in [4.78, 5) is 10.8. The number of rotatable bonds is 3. The Labute approximate surface area is 70.9 Å². The normalized spacial score (nSPS) is 44.1. The molecule has 0 aromatic heterocycles. The molecule has 12 heavy (non-hydrogen) atoms. The number of hydrogen-bond acceptors (Lipinski definition) is 3. The van der Waals surface area contributed by atoms with Crippen molar-refractivity contribution in [1.82, 2.24) is 5.32 Å². The van der Waals surface area contributed by atoms with Gasteiger partial charge in [0.2, 0.25) is 0 Å². The van der Waals surface area contributed by atoms with Gasteiger partial charge in [-0.2, -0.15) is 0 Å². The molecule has 3 fully saturated rings. The fourth-order valence-electron chi connectivity index (χ4n) is 2.52. The monoisotopic (exact) mass is 171 g/mol. The van der Waals surface area contributed by atoms with Gasteiger partial charge in [0.05, 0.1) is 6.61 Å². The zero-order chi connectivity index (χ0) is 8.82. The number of carboxylic acid groups (broad SMARTS) is 1. The molecule has 1 saturated carbocycles. The SMILES string of the molecule is COCC12CNC(C(=O)O)(C1)C2. The van der Waals surface area contributed by atoms with Crippen molar-refractivity contribution in [3.8, 4) is 0 Å². The van der Waals surface area contributed by atoms with E-state index in [1.807, 2.05) is 0 Å². The van der Waals surface area contributed by atoms with Crippen molar-refractivity contribution < 1.29 is 14.6 Å². The van der Waals surface area contributed by atoms with Crippen LogP contribution in [0.1, 0.15) is 12.8 Å². The van der Waals surface area contributed by atoms with Crippen molar-refractivity contribution in [3.63, 3.8) is 0 Å². The number of ether oxygens (including phenoxy) is 1. The Morgan fingerprint density at radius 1 is 1.67 bits per heavy atom. The van der Waals surface area contributed by atoms with Gasteiger partial charge in [-0.1, -0.05) is 0 Å². The molecule has 0 atom stereocenters. The number of nitrogens with one attached hydrogen (secondary N) is 1. The third kappa shape index (κ3) is 0.820. The van der Waals surface area contributed by atoms with Gasteiger partial charge in [-0.05, 0) is 12.8 Å². The van der Waals surface area contributed by atoms with Gasteiger partial charge in [0.1, 0.15) is 5.54 Å². The van der Waals surface area contributed by atoms with E-state index in [-0.39, 0.29) is 5.41 Å². The van der Waals surface area contributed by atoms with Crippen LogP contribution in [0.2, 0.25) is 0 Å². The van der Waals surface area contributed by atoms with E-state index in [1.165, 1.54) is 0 Å². The van der Waals surface area contributed by atoms with Crippen LogP contribution in [0.25, 0.3) is 0 Å². The molecule has 0 radical (unpaired) electrons. The fraction of sp³-hybridized carbons (Fsp3) is 0.875. The van der Waals surface area contributed by atoms with Crippen molar-refractivity contribution >= 4 is 5.97 Å².